The fourth-order valence-corrected chi connectivity index (χ4v) is 9.29. The molecule has 298 valence electrons. The van der Waals surface area contributed by atoms with Crippen LogP contribution in [0.15, 0.2) is 134 Å². The summed E-state index contributed by atoms with van der Waals surface area (Å²) in [7, 11) is 0. The Bertz CT molecular complexity index is 3090. The molecule has 60 heavy (non-hydrogen) atoms. The summed E-state index contributed by atoms with van der Waals surface area (Å²) in [5.41, 5.74) is 16.4. The second-order valence-electron chi connectivity index (χ2n) is 17.6. The topological polar surface area (TPSA) is 60.9 Å². The molecule has 0 unspecified atom stereocenters. The van der Waals surface area contributed by atoms with Crippen LogP contribution in [0, 0.1) is 26.8 Å². The maximum atomic E-state index is 5.61. The third kappa shape index (κ3) is 6.23. The van der Waals surface area contributed by atoms with Crippen LogP contribution in [0.5, 0.6) is 0 Å². The number of para-hydroxylation sites is 2. The minimum absolute atomic E-state index is 0. The van der Waals surface area contributed by atoms with E-state index in [1.165, 1.54) is 27.8 Å². The number of benzene rings is 5. The van der Waals surface area contributed by atoms with Gasteiger partial charge in [-0.25, -0.2) is 9.97 Å². The van der Waals surface area contributed by atoms with Crippen molar-refractivity contribution in [2.24, 2.45) is 0 Å². The van der Waals surface area contributed by atoms with Gasteiger partial charge < -0.3 is 19.7 Å². The quantitative estimate of drug-likeness (QED) is 0.161. The van der Waals surface area contributed by atoms with Gasteiger partial charge in [-0.15, -0.1) is 17.5 Å². The van der Waals surface area contributed by atoms with E-state index in [-0.39, 0.29) is 31.9 Å². The van der Waals surface area contributed by atoms with Gasteiger partial charge in [-0.05, 0) is 95.3 Å². The summed E-state index contributed by atoms with van der Waals surface area (Å²) >= 11 is 0. The van der Waals surface area contributed by atoms with Crippen molar-refractivity contribution in [3.63, 3.8) is 0 Å². The number of hydrogen-bond donors (Lipinski definition) is 0. The fourth-order valence-electron chi connectivity index (χ4n) is 9.29. The normalized spacial score (nSPS) is 13.3. The molecule has 1 aliphatic heterocycles. The Hall–Kier alpha value is -6.10. The zero-order chi connectivity index (χ0) is 40.8. The number of aromatic nitrogens is 5. The zero-order valence-corrected chi connectivity index (χ0v) is 37.5. The maximum Gasteiger partial charge on any atom is 2.00 e. The average molecular weight is 962 g/mol. The first-order valence-corrected chi connectivity index (χ1v) is 20.4. The van der Waals surface area contributed by atoms with Crippen molar-refractivity contribution < 1.29 is 21.1 Å². The molecule has 4 aromatic heterocycles. The Morgan fingerprint density at radius 3 is 2.18 bits per heavy atom. The molecule has 0 N–H and O–H groups in total. The van der Waals surface area contributed by atoms with Gasteiger partial charge in [0.25, 0.3) is 0 Å². The van der Waals surface area contributed by atoms with E-state index in [0.717, 1.165) is 84.2 Å². The summed E-state index contributed by atoms with van der Waals surface area (Å²) in [6.45, 7) is 17.8. The van der Waals surface area contributed by atoms with Crippen LogP contribution in [-0.2, 0) is 31.9 Å². The van der Waals surface area contributed by atoms with E-state index >= 15 is 0 Å². The summed E-state index contributed by atoms with van der Waals surface area (Å²) in [4.78, 5) is 12.8. The van der Waals surface area contributed by atoms with Crippen molar-refractivity contribution in [2.75, 3.05) is 4.90 Å². The first kappa shape index (κ1) is 39.4. The predicted octanol–water partition coefficient (Wildman–Crippen LogP) is 13.1. The smallest absolute Gasteiger partial charge is 0.573 e. The molecule has 1 aliphatic rings. The van der Waals surface area contributed by atoms with Crippen LogP contribution in [0.2, 0.25) is 0 Å². The first-order chi connectivity index (χ1) is 28.4. The summed E-state index contributed by atoms with van der Waals surface area (Å²) in [6.07, 6.45) is 1.92. The van der Waals surface area contributed by atoms with Crippen molar-refractivity contribution in [3.05, 3.63) is 173 Å². The zero-order valence-electron chi connectivity index (χ0n) is 35.2. The van der Waals surface area contributed by atoms with Crippen LogP contribution >= 0.6 is 0 Å². The monoisotopic (exact) mass is 961 g/mol. The SMILES string of the molecule is Cc1cc(C)c(-c2n[n-]c(-c3ccc4c(n3)N(c3[c-]c5c(cc3)c3ccccc3n5-c3cc(C(C)(C)C)ccn3)c3ccccc3C4(C)C)c2-c2ccccc2)c(C)c1.[Pt+2]. The van der Waals surface area contributed by atoms with Crippen molar-refractivity contribution in [1.82, 2.24) is 24.7 Å². The predicted molar refractivity (Wildman–Crippen MR) is 242 cm³/mol. The molecule has 0 radical (unpaired) electrons. The summed E-state index contributed by atoms with van der Waals surface area (Å²) < 4.78 is 2.26. The van der Waals surface area contributed by atoms with Gasteiger partial charge in [-0.3, -0.25) is 0 Å². The number of nitrogens with zero attached hydrogens (tertiary/aromatic N) is 6. The number of fused-ring (bicyclic) bond motifs is 5. The van der Waals surface area contributed by atoms with E-state index in [9.17, 15) is 0 Å². The van der Waals surface area contributed by atoms with Crippen LogP contribution in [0.3, 0.4) is 0 Å². The number of rotatable bonds is 5. The van der Waals surface area contributed by atoms with E-state index in [2.05, 4.69) is 192 Å². The summed E-state index contributed by atoms with van der Waals surface area (Å²) in [6, 6.07) is 49.2. The van der Waals surface area contributed by atoms with E-state index in [0.29, 0.717) is 0 Å². The molecule has 6 nitrogen and oxygen atoms in total. The third-order valence-corrected chi connectivity index (χ3v) is 12.2. The van der Waals surface area contributed by atoms with Crippen LogP contribution < -0.4 is 10.00 Å². The molecule has 0 saturated heterocycles. The Kier molecular flexibility index (Phi) is 9.56. The number of aryl methyl sites for hydroxylation is 3. The van der Waals surface area contributed by atoms with Crippen LogP contribution in [0.4, 0.5) is 17.2 Å². The second kappa shape index (κ2) is 14.6. The molecular formula is C53H46N6Pt. The standard InChI is InChI=1S/C53H46N6.Pt/c1-32-28-33(2)47(34(3)29-32)50-48(35-16-10-9-11-17-35)49(56-57-50)42-25-24-41-51(55-42)58(44-21-15-13-19-40(44)53(41,7)8)37-22-23-39-38-18-12-14-20-43(38)59(45(39)31-37)46-30-36(26-27-54-46)52(4,5)6;/h9-30H,1-8H3;/q-2;+2. The molecule has 0 amide bonds. The molecule has 5 heterocycles. The molecule has 0 fully saturated rings. The van der Waals surface area contributed by atoms with Crippen molar-refractivity contribution in [1.29, 1.82) is 0 Å². The van der Waals surface area contributed by atoms with Crippen LogP contribution in [-0.4, -0.2) is 19.6 Å². The average Bonchev–Trinajstić information content (AvgIpc) is 3.80. The van der Waals surface area contributed by atoms with E-state index in [1.807, 2.05) is 12.3 Å². The van der Waals surface area contributed by atoms with Crippen molar-refractivity contribution in [3.8, 4) is 39.6 Å². The van der Waals surface area contributed by atoms with Gasteiger partial charge in [0.2, 0.25) is 0 Å². The van der Waals surface area contributed by atoms with Crippen molar-refractivity contribution >= 4 is 39.0 Å². The fraction of sp³-hybridized carbons (Fsp3) is 0.189. The van der Waals surface area contributed by atoms with Gasteiger partial charge in [0.15, 0.2) is 0 Å². The Morgan fingerprint density at radius 2 is 1.42 bits per heavy atom. The van der Waals surface area contributed by atoms with Crippen LogP contribution in [0.1, 0.15) is 68.0 Å². The molecule has 0 aliphatic carbocycles. The maximum absolute atomic E-state index is 5.61. The summed E-state index contributed by atoms with van der Waals surface area (Å²) in [5.74, 6) is 1.72. The van der Waals surface area contributed by atoms with Gasteiger partial charge in [0, 0.05) is 33.9 Å². The second-order valence-corrected chi connectivity index (χ2v) is 17.6. The molecule has 0 bridgehead atoms. The van der Waals surface area contributed by atoms with Crippen molar-refractivity contribution in [2.45, 2.75) is 66.2 Å². The minimum atomic E-state index is -0.328. The summed E-state index contributed by atoms with van der Waals surface area (Å²) in [5, 5.41) is 12.2. The van der Waals surface area contributed by atoms with Gasteiger partial charge in [-0.2, -0.15) is 6.07 Å². The third-order valence-electron chi connectivity index (χ3n) is 12.2. The molecule has 0 saturated carbocycles. The number of pyridine rings is 2. The molecule has 7 heteroatoms. The van der Waals surface area contributed by atoms with Gasteiger partial charge in [-0.1, -0.05) is 142 Å². The van der Waals surface area contributed by atoms with E-state index in [4.69, 9.17) is 20.2 Å². The van der Waals surface area contributed by atoms with Gasteiger partial charge in [0.05, 0.1) is 11.4 Å². The number of hydrogen-bond acceptors (Lipinski definition) is 4. The largest absolute Gasteiger partial charge is 2.00 e. The van der Waals surface area contributed by atoms with Crippen LogP contribution in [0.25, 0.3) is 61.4 Å². The Morgan fingerprint density at radius 1 is 0.700 bits per heavy atom. The Balaban J connectivity index is 0.00000462. The molecular weight excluding hydrogens is 916 g/mol. The molecule has 0 atom stereocenters. The molecule has 10 rings (SSSR count). The van der Waals surface area contributed by atoms with Gasteiger partial charge >= 0.3 is 21.1 Å². The molecule has 9 aromatic rings. The minimum Gasteiger partial charge on any atom is -0.573 e. The molecule has 5 aromatic carbocycles. The first-order valence-electron chi connectivity index (χ1n) is 20.4. The molecule has 0 spiro atoms. The Labute approximate surface area is 366 Å². The number of anilines is 3. The van der Waals surface area contributed by atoms with E-state index in [1.54, 1.807) is 0 Å². The van der Waals surface area contributed by atoms with E-state index < -0.39 is 0 Å². The van der Waals surface area contributed by atoms with Gasteiger partial charge in [0.1, 0.15) is 11.6 Å².